The van der Waals surface area contributed by atoms with E-state index in [0.29, 0.717) is 12.6 Å². The minimum Gasteiger partial charge on any atom is -0.375 e. The van der Waals surface area contributed by atoms with E-state index in [2.05, 4.69) is 29.1 Å². The molecule has 0 saturated carbocycles. The van der Waals surface area contributed by atoms with Gasteiger partial charge in [-0.2, -0.15) is 0 Å². The first-order valence-electron chi connectivity index (χ1n) is 5.13. The van der Waals surface area contributed by atoms with Gasteiger partial charge >= 0.3 is 0 Å². The molecule has 4 heteroatoms. The molecule has 1 aromatic heterocycles. The number of imidazole rings is 1. The van der Waals surface area contributed by atoms with Gasteiger partial charge < -0.3 is 15.0 Å². The summed E-state index contributed by atoms with van der Waals surface area (Å²) >= 11 is 0. The highest BCUT2D eigenvalue weighted by molar-refractivity contribution is 5.16. The van der Waals surface area contributed by atoms with Gasteiger partial charge in [-0.3, -0.25) is 0 Å². The predicted molar refractivity (Wildman–Crippen MR) is 53.9 cm³/mol. The number of rotatable bonds is 3. The van der Waals surface area contributed by atoms with Gasteiger partial charge in [0.25, 0.3) is 0 Å². The van der Waals surface area contributed by atoms with Crippen LogP contribution in [-0.4, -0.2) is 22.6 Å². The van der Waals surface area contributed by atoms with E-state index in [0.717, 1.165) is 31.1 Å². The first-order valence-corrected chi connectivity index (χ1v) is 5.13. The molecule has 0 bridgehead atoms. The summed E-state index contributed by atoms with van der Waals surface area (Å²) in [5.74, 6) is 1.02. The Morgan fingerprint density at radius 3 is 3.14 bits per heavy atom. The van der Waals surface area contributed by atoms with Crippen LogP contribution in [0.2, 0.25) is 0 Å². The summed E-state index contributed by atoms with van der Waals surface area (Å²) < 4.78 is 5.34. The molecule has 2 rings (SSSR count). The molecule has 0 radical (unpaired) electrons. The van der Waals surface area contributed by atoms with E-state index in [9.17, 15) is 0 Å². The maximum atomic E-state index is 5.34. The molecule has 2 N–H and O–H groups in total. The molecular weight excluding hydrogens is 178 g/mol. The SMILES string of the molecule is CC(C)NCc1nc2c([nH]1)COCC2. The van der Waals surface area contributed by atoms with E-state index in [-0.39, 0.29) is 0 Å². The third-order valence-corrected chi connectivity index (χ3v) is 2.32. The van der Waals surface area contributed by atoms with Crippen molar-refractivity contribution in [3.8, 4) is 0 Å². The van der Waals surface area contributed by atoms with Crippen LogP contribution >= 0.6 is 0 Å². The first-order chi connectivity index (χ1) is 6.75. The van der Waals surface area contributed by atoms with Gasteiger partial charge in [-0.1, -0.05) is 13.8 Å². The Morgan fingerprint density at radius 2 is 2.43 bits per heavy atom. The molecule has 1 aromatic rings. The van der Waals surface area contributed by atoms with Crippen LogP contribution in [0, 0.1) is 0 Å². The molecule has 78 valence electrons. The molecule has 0 saturated heterocycles. The summed E-state index contributed by atoms with van der Waals surface area (Å²) in [6, 6.07) is 0.494. The van der Waals surface area contributed by atoms with Crippen LogP contribution in [-0.2, 0) is 24.3 Å². The molecule has 1 aliphatic rings. The topological polar surface area (TPSA) is 49.9 Å². The van der Waals surface area contributed by atoms with Crippen molar-refractivity contribution in [2.45, 2.75) is 39.5 Å². The second-order valence-corrected chi connectivity index (χ2v) is 3.95. The van der Waals surface area contributed by atoms with Crippen molar-refractivity contribution < 1.29 is 4.74 Å². The third-order valence-electron chi connectivity index (χ3n) is 2.32. The molecule has 0 spiro atoms. The molecule has 0 unspecified atom stereocenters. The van der Waals surface area contributed by atoms with Crippen molar-refractivity contribution in [2.75, 3.05) is 6.61 Å². The lowest BCUT2D eigenvalue weighted by atomic mass is 10.2. The lowest BCUT2D eigenvalue weighted by molar-refractivity contribution is 0.107. The van der Waals surface area contributed by atoms with Crippen LogP contribution in [0.5, 0.6) is 0 Å². The zero-order valence-corrected chi connectivity index (χ0v) is 8.76. The maximum absolute atomic E-state index is 5.34. The molecule has 0 atom stereocenters. The van der Waals surface area contributed by atoms with E-state index in [1.54, 1.807) is 0 Å². The molecule has 0 amide bonds. The van der Waals surface area contributed by atoms with Crippen molar-refractivity contribution in [1.29, 1.82) is 0 Å². The van der Waals surface area contributed by atoms with Gasteiger partial charge in [0.1, 0.15) is 5.82 Å². The average molecular weight is 195 g/mol. The lowest BCUT2D eigenvalue weighted by Crippen LogP contribution is -2.22. The number of fused-ring (bicyclic) bond motifs is 1. The first kappa shape index (κ1) is 9.68. The Hall–Kier alpha value is -0.870. The van der Waals surface area contributed by atoms with Gasteiger partial charge in [0, 0.05) is 12.5 Å². The Labute approximate surface area is 84.1 Å². The van der Waals surface area contributed by atoms with Crippen molar-refractivity contribution in [2.24, 2.45) is 0 Å². The molecule has 0 aromatic carbocycles. The second kappa shape index (κ2) is 4.11. The van der Waals surface area contributed by atoms with Gasteiger partial charge in [-0.15, -0.1) is 0 Å². The summed E-state index contributed by atoms with van der Waals surface area (Å²) in [6.45, 7) is 6.56. The molecule has 2 heterocycles. The van der Waals surface area contributed by atoms with Gasteiger partial charge in [0.05, 0.1) is 31.1 Å². The largest absolute Gasteiger partial charge is 0.375 e. The van der Waals surface area contributed by atoms with Crippen LogP contribution < -0.4 is 5.32 Å². The van der Waals surface area contributed by atoms with E-state index in [1.165, 1.54) is 5.69 Å². The van der Waals surface area contributed by atoms with Crippen molar-refractivity contribution in [3.63, 3.8) is 0 Å². The fourth-order valence-corrected chi connectivity index (χ4v) is 1.56. The maximum Gasteiger partial charge on any atom is 0.120 e. The molecule has 4 nitrogen and oxygen atoms in total. The second-order valence-electron chi connectivity index (χ2n) is 3.95. The summed E-state index contributed by atoms with van der Waals surface area (Å²) in [7, 11) is 0. The van der Waals surface area contributed by atoms with Crippen LogP contribution in [0.4, 0.5) is 0 Å². The smallest absolute Gasteiger partial charge is 0.120 e. The minimum absolute atomic E-state index is 0.494. The number of aromatic nitrogens is 2. The van der Waals surface area contributed by atoms with Crippen molar-refractivity contribution in [1.82, 2.24) is 15.3 Å². The molecular formula is C10H17N3O. The monoisotopic (exact) mass is 195 g/mol. The van der Waals surface area contributed by atoms with E-state index < -0.39 is 0 Å². The zero-order valence-electron chi connectivity index (χ0n) is 8.76. The third kappa shape index (κ3) is 2.13. The van der Waals surface area contributed by atoms with Crippen molar-refractivity contribution in [3.05, 3.63) is 17.2 Å². The predicted octanol–water partition coefficient (Wildman–Crippen LogP) is 0.980. The number of ether oxygens (including phenoxy) is 1. The zero-order chi connectivity index (χ0) is 9.97. The number of nitrogens with zero attached hydrogens (tertiary/aromatic N) is 1. The molecule has 0 fully saturated rings. The Kier molecular flexibility index (Phi) is 2.84. The Bertz CT molecular complexity index is 283. The number of hydrogen-bond acceptors (Lipinski definition) is 3. The molecule has 14 heavy (non-hydrogen) atoms. The van der Waals surface area contributed by atoms with Crippen LogP contribution in [0.15, 0.2) is 0 Å². The average Bonchev–Trinajstić information content (AvgIpc) is 2.57. The Morgan fingerprint density at radius 1 is 1.57 bits per heavy atom. The number of H-pyrrole nitrogens is 1. The quantitative estimate of drug-likeness (QED) is 0.756. The fourth-order valence-electron chi connectivity index (χ4n) is 1.56. The van der Waals surface area contributed by atoms with E-state index in [1.807, 2.05) is 0 Å². The minimum atomic E-state index is 0.494. The van der Waals surface area contributed by atoms with Crippen LogP contribution in [0.3, 0.4) is 0 Å². The number of hydrogen-bond donors (Lipinski definition) is 2. The molecule has 0 aliphatic carbocycles. The summed E-state index contributed by atoms with van der Waals surface area (Å²) in [5, 5.41) is 3.34. The highest BCUT2D eigenvalue weighted by Gasteiger charge is 2.14. The highest BCUT2D eigenvalue weighted by Crippen LogP contribution is 2.13. The van der Waals surface area contributed by atoms with E-state index in [4.69, 9.17) is 4.74 Å². The summed E-state index contributed by atoms with van der Waals surface area (Å²) in [6.07, 6.45) is 0.938. The number of nitrogens with one attached hydrogen (secondary N) is 2. The Balaban J connectivity index is 2.01. The van der Waals surface area contributed by atoms with Crippen LogP contribution in [0.1, 0.15) is 31.1 Å². The molecule has 1 aliphatic heterocycles. The lowest BCUT2D eigenvalue weighted by Gasteiger charge is -2.09. The highest BCUT2D eigenvalue weighted by atomic mass is 16.5. The van der Waals surface area contributed by atoms with E-state index >= 15 is 0 Å². The number of aromatic amines is 1. The van der Waals surface area contributed by atoms with Gasteiger partial charge in [0.15, 0.2) is 0 Å². The summed E-state index contributed by atoms with van der Waals surface area (Å²) in [5.41, 5.74) is 2.33. The van der Waals surface area contributed by atoms with Crippen LogP contribution in [0.25, 0.3) is 0 Å². The van der Waals surface area contributed by atoms with Gasteiger partial charge in [0.2, 0.25) is 0 Å². The van der Waals surface area contributed by atoms with Gasteiger partial charge in [-0.05, 0) is 0 Å². The normalized spacial score (nSPS) is 15.9. The van der Waals surface area contributed by atoms with Gasteiger partial charge in [-0.25, -0.2) is 4.98 Å². The summed E-state index contributed by atoms with van der Waals surface area (Å²) in [4.78, 5) is 7.82. The van der Waals surface area contributed by atoms with Crippen molar-refractivity contribution >= 4 is 0 Å². The fraction of sp³-hybridized carbons (Fsp3) is 0.700. The standard InChI is InChI=1S/C10H17N3O/c1-7(2)11-5-10-12-8-3-4-14-6-9(8)13-10/h7,11H,3-6H2,1-2H3,(H,12,13).